The van der Waals surface area contributed by atoms with Crippen LogP contribution < -0.4 is 15.8 Å². The summed E-state index contributed by atoms with van der Waals surface area (Å²) in [5.41, 5.74) is 6.05. The molecule has 0 heterocycles. The largest absolute Gasteiger partial charge is 0.398 e. The average Bonchev–Trinajstić information content (AvgIpc) is 2.31. The van der Waals surface area contributed by atoms with E-state index in [1.165, 1.54) is 25.1 Å². The molecule has 1 aromatic rings. The first-order valence-electron chi connectivity index (χ1n) is 6.01. The summed E-state index contributed by atoms with van der Waals surface area (Å²) in [6.07, 6.45) is 0. The monoisotopic (exact) mass is 363 g/mol. The Morgan fingerprint density at radius 1 is 1.30 bits per heavy atom. The minimum atomic E-state index is -3.78. The zero-order valence-electron chi connectivity index (χ0n) is 11.5. The summed E-state index contributed by atoms with van der Waals surface area (Å²) in [4.78, 5) is 11.8. The van der Waals surface area contributed by atoms with Crippen LogP contribution in [0.5, 0.6) is 0 Å². The first-order valence-corrected chi connectivity index (χ1v) is 8.29. The molecule has 0 aliphatic rings. The molecule has 0 bridgehead atoms. The van der Waals surface area contributed by atoms with Crippen LogP contribution in [0.15, 0.2) is 27.6 Å². The summed E-state index contributed by atoms with van der Waals surface area (Å²) in [6.45, 7) is 5.09. The number of nitrogen functional groups attached to an aromatic ring is 1. The SMILES string of the molecule is CC(C)NC(=O)C(C)NS(=O)(=O)c1ccc(N)c(Br)c1. The third-order valence-electron chi connectivity index (χ3n) is 2.44. The highest BCUT2D eigenvalue weighted by Crippen LogP contribution is 2.23. The Hall–Kier alpha value is -1.12. The van der Waals surface area contributed by atoms with Crippen molar-refractivity contribution in [1.29, 1.82) is 0 Å². The van der Waals surface area contributed by atoms with E-state index in [1.54, 1.807) is 13.8 Å². The van der Waals surface area contributed by atoms with Gasteiger partial charge >= 0.3 is 0 Å². The van der Waals surface area contributed by atoms with Crippen molar-refractivity contribution in [1.82, 2.24) is 10.0 Å². The summed E-state index contributed by atoms with van der Waals surface area (Å²) in [5.74, 6) is -0.377. The lowest BCUT2D eigenvalue weighted by molar-refractivity contribution is -0.122. The topological polar surface area (TPSA) is 101 Å². The van der Waals surface area contributed by atoms with Gasteiger partial charge in [0, 0.05) is 16.2 Å². The van der Waals surface area contributed by atoms with E-state index in [4.69, 9.17) is 5.73 Å². The van der Waals surface area contributed by atoms with Crippen LogP contribution in [0.1, 0.15) is 20.8 Å². The fourth-order valence-corrected chi connectivity index (χ4v) is 3.20. The van der Waals surface area contributed by atoms with Crippen molar-refractivity contribution in [3.05, 3.63) is 22.7 Å². The van der Waals surface area contributed by atoms with E-state index < -0.39 is 16.1 Å². The van der Waals surface area contributed by atoms with Gasteiger partial charge in [-0.1, -0.05) is 0 Å². The molecule has 1 unspecified atom stereocenters. The molecule has 1 rings (SSSR count). The average molecular weight is 364 g/mol. The number of anilines is 1. The summed E-state index contributed by atoms with van der Waals surface area (Å²) in [7, 11) is -3.78. The zero-order valence-corrected chi connectivity index (χ0v) is 13.9. The number of carbonyl (C=O) groups excluding carboxylic acids is 1. The van der Waals surface area contributed by atoms with Crippen molar-refractivity contribution in [3.8, 4) is 0 Å². The molecule has 0 fully saturated rings. The van der Waals surface area contributed by atoms with Gasteiger partial charge in [0.25, 0.3) is 0 Å². The molecule has 1 atom stereocenters. The molecule has 4 N–H and O–H groups in total. The summed E-state index contributed by atoms with van der Waals surface area (Å²) in [5, 5.41) is 2.64. The van der Waals surface area contributed by atoms with Crippen molar-refractivity contribution < 1.29 is 13.2 Å². The van der Waals surface area contributed by atoms with Gasteiger partial charge in [0.1, 0.15) is 0 Å². The Morgan fingerprint density at radius 3 is 2.40 bits per heavy atom. The van der Waals surface area contributed by atoms with Gasteiger partial charge in [-0.05, 0) is 54.9 Å². The van der Waals surface area contributed by atoms with Crippen molar-refractivity contribution in [2.75, 3.05) is 5.73 Å². The van der Waals surface area contributed by atoms with Crippen LogP contribution in [0.4, 0.5) is 5.69 Å². The van der Waals surface area contributed by atoms with Crippen LogP contribution >= 0.6 is 15.9 Å². The van der Waals surface area contributed by atoms with Crippen molar-refractivity contribution in [2.45, 2.75) is 37.8 Å². The van der Waals surface area contributed by atoms with Gasteiger partial charge < -0.3 is 11.1 Å². The third-order valence-corrected chi connectivity index (χ3v) is 4.66. The van der Waals surface area contributed by atoms with Crippen molar-refractivity contribution in [2.24, 2.45) is 0 Å². The van der Waals surface area contributed by atoms with Gasteiger partial charge in [-0.3, -0.25) is 4.79 Å². The molecule has 0 spiro atoms. The molecule has 8 heteroatoms. The number of amides is 1. The molecule has 112 valence electrons. The highest BCUT2D eigenvalue weighted by atomic mass is 79.9. The van der Waals surface area contributed by atoms with Gasteiger partial charge in [-0.2, -0.15) is 4.72 Å². The van der Waals surface area contributed by atoms with Crippen LogP contribution in [0.3, 0.4) is 0 Å². The van der Waals surface area contributed by atoms with E-state index in [0.717, 1.165) is 0 Å². The Morgan fingerprint density at radius 2 is 1.90 bits per heavy atom. The van der Waals surface area contributed by atoms with E-state index >= 15 is 0 Å². The van der Waals surface area contributed by atoms with E-state index in [2.05, 4.69) is 26.0 Å². The van der Waals surface area contributed by atoms with E-state index in [-0.39, 0.29) is 16.8 Å². The quantitative estimate of drug-likeness (QED) is 0.684. The molecule has 0 aliphatic heterocycles. The molecule has 0 aliphatic carbocycles. The maximum absolute atomic E-state index is 12.1. The Balaban J connectivity index is 2.89. The predicted octanol–water partition coefficient (Wildman–Crippen LogP) is 1.22. The second kappa shape index (κ2) is 6.55. The number of rotatable bonds is 5. The standard InChI is InChI=1S/C12H18BrN3O3S/c1-7(2)15-12(17)8(3)16-20(18,19)9-4-5-11(14)10(13)6-9/h4-8,16H,14H2,1-3H3,(H,15,17). The van der Waals surface area contributed by atoms with Crippen LogP contribution in [0, 0.1) is 0 Å². The Labute approximate surface area is 127 Å². The Bertz CT molecular complexity index is 602. The lowest BCUT2D eigenvalue weighted by atomic mass is 10.3. The molecule has 6 nitrogen and oxygen atoms in total. The summed E-state index contributed by atoms with van der Waals surface area (Å²) < 4.78 is 27.1. The second-order valence-electron chi connectivity index (χ2n) is 4.69. The molecule has 0 saturated carbocycles. The molecule has 0 saturated heterocycles. The fraction of sp³-hybridized carbons (Fsp3) is 0.417. The predicted molar refractivity (Wildman–Crippen MR) is 81.6 cm³/mol. The number of hydrogen-bond acceptors (Lipinski definition) is 4. The van der Waals surface area contributed by atoms with Gasteiger partial charge in [0.2, 0.25) is 15.9 Å². The first-order chi connectivity index (χ1) is 9.13. The van der Waals surface area contributed by atoms with Crippen molar-refractivity contribution >= 4 is 37.5 Å². The lowest BCUT2D eigenvalue weighted by Crippen LogP contribution is -2.46. The number of benzene rings is 1. The van der Waals surface area contributed by atoms with Crippen LogP contribution in [-0.4, -0.2) is 26.4 Å². The maximum atomic E-state index is 12.1. The second-order valence-corrected chi connectivity index (χ2v) is 7.26. The zero-order chi connectivity index (χ0) is 15.5. The molecule has 0 radical (unpaired) electrons. The van der Waals surface area contributed by atoms with Crippen LogP contribution in [0.25, 0.3) is 0 Å². The van der Waals surface area contributed by atoms with Gasteiger partial charge in [0.15, 0.2) is 0 Å². The molecule has 0 aromatic heterocycles. The molecular weight excluding hydrogens is 346 g/mol. The van der Waals surface area contributed by atoms with Gasteiger partial charge in [0.05, 0.1) is 10.9 Å². The minimum Gasteiger partial charge on any atom is -0.398 e. The minimum absolute atomic E-state index is 0.0442. The van der Waals surface area contributed by atoms with E-state index in [0.29, 0.717) is 10.2 Å². The number of carbonyl (C=O) groups is 1. The van der Waals surface area contributed by atoms with E-state index in [1.807, 2.05) is 0 Å². The number of halogens is 1. The lowest BCUT2D eigenvalue weighted by Gasteiger charge is -2.16. The Kier molecular flexibility index (Phi) is 5.55. The van der Waals surface area contributed by atoms with Gasteiger partial charge in [-0.15, -0.1) is 0 Å². The first kappa shape index (κ1) is 16.9. The maximum Gasteiger partial charge on any atom is 0.241 e. The van der Waals surface area contributed by atoms with Crippen LogP contribution in [-0.2, 0) is 14.8 Å². The van der Waals surface area contributed by atoms with Crippen LogP contribution in [0.2, 0.25) is 0 Å². The highest BCUT2D eigenvalue weighted by Gasteiger charge is 2.22. The molecule has 1 aromatic carbocycles. The van der Waals surface area contributed by atoms with Crippen molar-refractivity contribution in [3.63, 3.8) is 0 Å². The highest BCUT2D eigenvalue weighted by molar-refractivity contribution is 9.10. The van der Waals surface area contributed by atoms with E-state index in [9.17, 15) is 13.2 Å². The van der Waals surface area contributed by atoms with Gasteiger partial charge in [-0.25, -0.2) is 8.42 Å². The summed E-state index contributed by atoms with van der Waals surface area (Å²) >= 11 is 3.17. The fourth-order valence-electron chi connectivity index (χ4n) is 1.44. The number of hydrogen-bond donors (Lipinski definition) is 3. The molecule has 1 amide bonds. The molecular formula is C12H18BrN3O3S. The third kappa shape index (κ3) is 4.46. The number of nitrogens with one attached hydrogen (secondary N) is 2. The number of sulfonamides is 1. The molecule has 20 heavy (non-hydrogen) atoms. The normalized spacial score (nSPS) is 13.2. The smallest absolute Gasteiger partial charge is 0.241 e. The number of nitrogens with two attached hydrogens (primary N) is 1. The summed E-state index contributed by atoms with van der Waals surface area (Å²) in [6, 6.07) is 3.34.